The lowest BCUT2D eigenvalue weighted by atomic mass is 10.1. The van der Waals surface area contributed by atoms with E-state index in [0.717, 1.165) is 19.0 Å². The Morgan fingerprint density at radius 1 is 0.654 bits per heavy atom. The highest BCUT2D eigenvalue weighted by Crippen LogP contribution is 2.17. The molecule has 0 spiro atoms. The molecule has 0 N–H and O–H groups in total. The summed E-state index contributed by atoms with van der Waals surface area (Å²) in [6.07, 6.45) is 16.6. The zero-order chi connectivity index (χ0) is 19.3. The van der Waals surface area contributed by atoms with E-state index in [1.165, 1.54) is 64.2 Å². The van der Waals surface area contributed by atoms with Crippen molar-refractivity contribution in [3.05, 3.63) is 0 Å². The van der Waals surface area contributed by atoms with Gasteiger partial charge in [0, 0.05) is 32.4 Å². The lowest BCUT2D eigenvalue weighted by Crippen LogP contribution is -2.46. The molecule has 0 aliphatic heterocycles. The van der Waals surface area contributed by atoms with Gasteiger partial charge in [0.1, 0.15) is 0 Å². The molecule has 0 amide bonds. The zero-order valence-corrected chi connectivity index (χ0v) is 19.1. The molecular formula is C21H45NO3Si. The van der Waals surface area contributed by atoms with Crippen LogP contribution in [0.3, 0.4) is 0 Å². The molecule has 0 fully saturated rings. The Bertz CT molecular complexity index is 297. The number of rotatable bonds is 20. The Morgan fingerprint density at radius 2 is 1.12 bits per heavy atom. The SMILES string of the molecule is CCCCCCCCCCCCN=CCC[Si](OCC)(OCC)OCC. The van der Waals surface area contributed by atoms with E-state index in [2.05, 4.69) is 11.9 Å². The lowest BCUT2D eigenvalue weighted by Gasteiger charge is -2.27. The van der Waals surface area contributed by atoms with Crippen LogP contribution in [0.5, 0.6) is 0 Å². The van der Waals surface area contributed by atoms with E-state index in [-0.39, 0.29) is 0 Å². The van der Waals surface area contributed by atoms with Crippen molar-refractivity contribution in [2.45, 2.75) is 104 Å². The smallest absolute Gasteiger partial charge is 0.374 e. The molecule has 0 saturated carbocycles. The van der Waals surface area contributed by atoms with Crippen LogP contribution in [0.2, 0.25) is 6.04 Å². The predicted octanol–water partition coefficient (Wildman–Crippen LogP) is 6.42. The van der Waals surface area contributed by atoms with E-state index in [0.29, 0.717) is 19.8 Å². The van der Waals surface area contributed by atoms with Gasteiger partial charge in [-0.15, -0.1) is 0 Å². The summed E-state index contributed by atoms with van der Waals surface area (Å²) in [6.45, 7) is 11.1. The fourth-order valence-electron chi connectivity index (χ4n) is 3.12. The largest absolute Gasteiger partial charge is 0.501 e. The monoisotopic (exact) mass is 387 g/mol. The maximum absolute atomic E-state index is 5.86. The quantitative estimate of drug-likeness (QED) is 0.137. The molecule has 0 aliphatic rings. The Kier molecular flexibility index (Phi) is 19.4. The summed E-state index contributed by atoms with van der Waals surface area (Å²) in [5.74, 6) is 0. The molecule has 0 bridgehead atoms. The molecule has 0 aliphatic carbocycles. The second kappa shape index (κ2) is 19.5. The molecule has 5 heteroatoms. The van der Waals surface area contributed by atoms with Gasteiger partial charge in [-0.2, -0.15) is 0 Å². The highest BCUT2D eigenvalue weighted by atomic mass is 28.4. The average Bonchev–Trinajstić information content (AvgIpc) is 2.63. The van der Waals surface area contributed by atoms with Gasteiger partial charge >= 0.3 is 8.80 Å². The topological polar surface area (TPSA) is 40.0 Å². The van der Waals surface area contributed by atoms with Gasteiger partial charge in [0.25, 0.3) is 0 Å². The van der Waals surface area contributed by atoms with Crippen LogP contribution >= 0.6 is 0 Å². The van der Waals surface area contributed by atoms with Crippen molar-refractivity contribution in [3.63, 3.8) is 0 Å². The highest BCUT2D eigenvalue weighted by molar-refractivity contribution is 6.60. The minimum atomic E-state index is -2.49. The van der Waals surface area contributed by atoms with Crippen molar-refractivity contribution in [2.75, 3.05) is 26.4 Å². The average molecular weight is 388 g/mol. The van der Waals surface area contributed by atoms with Crippen molar-refractivity contribution in [1.29, 1.82) is 0 Å². The molecule has 26 heavy (non-hydrogen) atoms. The Labute approximate surface area is 164 Å². The molecule has 0 unspecified atom stereocenters. The van der Waals surface area contributed by atoms with E-state index < -0.39 is 8.80 Å². The molecule has 0 heterocycles. The fourth-order valence-corrected chi connectivity index (χ4v) is 5.60. The molecule has 0 saturated heterocycles. The van der Waals surface area contributed by atoms with E-state index in [1.807, 2.05) is 27.0 Å². The predicted molar refractivity (Wildman–Crippen MR) is 115 cm³/mol. The summed E-state index contributed by atoms with van der Waals surface area (Å²) in [5.41, 5.74) is 0. The van der Waals surface area contributed by atoms with Gasteiger partial charge in [-0.1, -0.05) is 64.7 Å². The highest BCUT2D eigenvalue weighted by Gasteiger charge is 2.39. The zero-order valence-electron chi connectivity index (χ0n) is 18.1. The first-order valence-electron chi connectivity index (χ1n) is 11.1. The lowest BCUT2D eigenvalue weighted by molar-refractivity contribution is 0.0719. The normalized spacial score (nSPS) is 12.3. The molecular weight excluding hydrogens is 342 g/mol. The second-order valence-electron chi connectivity index (χ2n) is 6.79. The van der Waals surface area contributed by atoms with Crippen LogP contribution in [0.1, 0.15) is 98.3 Å². The summed E-state index contributed by atoms with van der Waals surface area (Å²) >= 11 is 0. The van der Waals surface area contributed by atoms with Gasteiger partial charge in [-0.3, -0.25) is 4.99 Å². The van der Waals surface area contributed by atoms with Crippen LogP contribution in [0.4, 0.5) is 0 Å². The summed E-state index contributed by atoms with van der Waals surface area (Å²) in [6, 6.07) is 0.823. The molecule has 4 nitrogen and oxygen atoms in total. The van der Waals surface area contributed by atoms with Gasteiger partial charge in [-0.05, 0) is 39.8 Å². The summed E-state index contributed by atoms with van der Waals surface area (Å²) < 4.78 is 17.6. The van der Waals surface area contributed by atoms with Crippen LogP contribution in [0.15, 0.2) is 4.99 Å². The maximum Gasteiger partial charge on any atom is 0.501 e. The molecule has 0 aromatic rings. The standard InChI is InChI=1S/C21H45NO3Si/c1-5-9-10-11-12-13-14-15-16-17-19-22-20-18-21-26(23-6-2,24-7-3)25-8-4/h20H,5-19,21H2,1-4H3. The van der Waals surface area contributed by atoms with Crippen LogP contribution in [-0.4, -0.2) is 41.4 Å². The molecule has 0 aromatic heterocycles. The molecule has 156 valence electrons. The Balaban J connectivity index is 3.66. The fraction of sp³-hybridized carbons (Fsp3) is 0.952. The second-order valence-corrected chi connectivity index (χ2v) is 9.52. The van der Waals surface area contributed by atoms with Gasteiger partial charge in [-0.25, -0.2) is 0 Å². The van der Waals surface area contributed by atoms with Crippen LogP contribution < -0.4 is 0 Å². The summed E-state index contributed by atoms with van der Waals surface area (Å²) in [7, 11) is -2.49. The number of hydrogen-bond donors (Lipinski definition) is 0. The molecule has 0 atom stereocenters. The first-order chi connectivity index (χ1) is 12.7. The number of nitrogens with zero attached hydrogens (tertiary/aromatic N) is 1. The minimum Gasteiger partial charge on any atom is -0.374 e. The number of unbranched alkanes of at least 4 members (excludes halogenated alkanes) is 9. The van der Waals surface area contributed by atoms with E-state index in [9.17, 15) is 0 Å². The third-order valence-electron chi connectivity index (χ3n) is 4.44. The van der Waals surface area contributed by atoms with Crippen LogP contribution in [0, 0.1) is 0 Å². The molecule has 0 radical (unpaired) electrons. The van der Waals surface area contributed by atoms with Crippen molar-refractivity contribution >= 4 is 15.0 Å². The first-order valence-corrected chi connectivity index (χ1v) is 13.1. The van der Waals surface area contributed by atoms with Crippen molar-refractivity contribution in [1.82, 2.24) is 0 Å². The van der Waals surface area contributed by atoms with Crippen molar-refractivity contribution in [3.8, 4) is 0 Å². The third kappa shape index (κ3) is 14.9. The van der Waals surface area contributed by atoms with E-state index in [1.54, 1.807) is 0 Å². The van der Waals surface area contributed by atoms with Gasteiger partial charge < -0.3 is 13.3 Å². The Hall–Kier alpha value is -0.233. The summed E-state index contributed by atoms with van der Waals surface area (Å²) in [4.78, 5) is 4.55. The van der Waals surface area contributed by atoms with Crippen LogP contribution in [0.25, 0.3) is 0 Å². The van der Waals surface area contributed by atoms with Gasteiger partial charge in [0.2, 0.25) is 0 Å². The number of aliphatic imine (C=N–C) groups is 1. The molecule has 0 rings (SSSR count). The van der Waals surface area contributed by atoms with E-state index >= 15 is 0 Å². The van der Waals surface area contributed by atoms with Crippen molar-refractivity contribution in [2.24, 2.45) is 4.99 Å². The Morgan fingerprint density at radius 3 is 1.58 bits per heavy atom. The number of hydrogen-bond acceptors (Lipinski definition) is 4. The molecule has 0 aromatic carbocycles. The van der Waals surface area contributed by atoms with Gasteiger partial charge in [0.15, 0.2) is 0 Å². The maximum atomic E-state index is 5.86. The first kappa shape index (κ1) is 25.8. The van der Waals surface area contributed by atoms with E-state index in [4.69, 9.17) is 13.3 Å². The minimum absolute atomic E-state index is 0.641. The van der Waals surface area contributed by atoms with Gasteiger partial charge in [0.05, 0.1) is 0 Å². The third-order valence-corrected chi connectivity index (χ3v) is 7.53. The van der Waals surface area contributed by atoms with Crippen LogP contribution in [-0.2, 0) is 13.3 Å². The summed E-state index contributed by atoms with van der Waals surface area (Å²) in [5, 5.41) is 0. The van der Waals surface area contributed by atoms with Crippen molar-refractivity contribution < 1.29 is 13.3 Å².